The van der Waals surface area contributed by atoms with Gasteiger partial charge in [0.1, 0.15) is 5.75 Å². The van der Waals surface area contributed by atoms with Gasteiger partial charge in [-0.05, 0) is 6.07 Å². The van der Waals surface area contributed by atoms with Crippen LogP contribution in [0.2, 0.25) is 0 Å². The van der Waals surface area contributed by atoms with Crippen molar-refractivity contribution < 1.29 is 4.74 Å². The zero-order valence-corrected chi connectivity index (χ0v) is 7.72. The number of methoxy groups -OCH3 is 1. The number of fused-ring (bicyclic) bond motifs is 1. The van der Waals surface area contributed by atoms with Gasteiger partial charge >= 0.3 is 0 Å². The molecule has 3 nitrogen and oxygen atoms in total. The Morgan fingerprint density at radius 1 is 1.38 bits per heavy atom. The van der Waals surface area contributed by atoms with E-state index in [0.717, 1.165) is 22.3 Å². The van der Waals surface area contributed by atoms with Crippen LogP contribution in [0.15, 0.2) is 24.4 Å². The minimum Gasteiger partial charge on any atom is -0.495 e. The molecule has 0 aliphatic carbocycles. The number of nitrogens with one attached hydrogen (secondary N) is 2. The number of H-pyrrole nitrogens is 1. The van der Waals surface area contributed by atoms with Crippen molar-refractivity contribution in [1.82, 2.24) is 4.98 Å². The molecule has 0 atom stereocenters. The summed E-state index contributed by atoms with van der Waals surface area (Å²) in [5.74, 6) is 0.874. The van der Waals surface area contributed by atoms with Crippen LogP contribution in [-0.4, -0.2) is 19.1 Å². The summed E-state index contributed by atoms with van der Waals surface area (Å²) in [4.78, 5) is 3.17. The third-order valence-corrected chi connectivity index (χ3v) is 2.17. The number of benzene rings is 1. The number of rotatable bonds is 2. The Morgan fingerprint density at radius 3 is 2.92 bits per heavy atom. The molecule has 2 N–H and O–H groups in total. The van der Waals surface area contributed by atoms with E-state index in [4.69, 9.17) is 4.74 Å². The highest BCUT2D eigenvalue weighted by molar-refractivity contribution is 5.95. The maximum Gasteiger partial charge on any atom is 0.142 e. The quantitative estimate of drug-likeness (QED) is 0.736. The Hall–Kier alpha value is -1.64. The van der Waals surface area contributed by atoms with Crippen LogP contribution in [-0.2, 0) is 0 Å². The number of hydrogen-bond acceptors (Lipinski definition) is 2. The molecule has 68 valence electrons. The summed E-state index contributed by atoms with van der Waals surface area (Å²) in [6.45, 7) is 0. The van der Waals surface area contributed by atoms with Crippen molar-refractivity contribution in [2.24, 2.45) is 0 Å². The average molecular weight is 176 g/mol. The lowest BCUT2D eigenvalue weighted by molar-refractivity contribution is 0.419. The van der Waals surface area contributed by atoms with Gasteiger partial charge in [0.05, 0.1) is 18.3 Å². The van der Waals surface area contributed by atoms with E-state index in [1.54, 1.807) is 7.11 Å². The summed E-state index contributed by atoms with van der Waals surface area (Å²) in [5, 5.41) is 4.27. The molecule has 0 aliphatic heterocycles. The Bertz CT molecular complexity index is 420. The lowest BCUT2D eigenvalue weighted by Gasteiger charge is -2.01. The van der Waals surface area contributed by atoms with Crippen LogP contribution >= 0.6 is 0 Å². The van der Waals surface area contributed by atoms with Crippen molar-refractivity contribution >= 4 is 16.6 Å². The van der Waals surface area contributed by atoms with Gasteiger partial charge in [0.25, 0.3) is 0 Å². The smallest absolute Gasteiger partial charge is 0.142 e. The molecular weight excluding hydrogens is 164 g/mol. The van der Waals surface area contributed by atoms with Crippen LogP contribution in [0.5, 0.6) is 5.75 Å². The molecule has 0 fully saturated rings. The maximum atomic E-state index is 5.23. The van der Waals surface area contributed by atoms with Crippen molar-refractivity contribution in [3.8, 4) is 5.75 Å². The Kier molecular flexibility index (Phi) is 1.85. The summed E-state index contributed by atoms with van der Waals surface area (Å²) in [5.41, 5.74) is 2.13. The van der Waals surface area contributed by atoms with Crippen LogP contribution in [0.25, 0.3) is 10.9 Å². The highest BCUT2D eigenvalue weighted by Gasteiger charge is 2.05. The lowest BCUT2D eigenvalue weighted by Crippen LogP contribution is -1.85. The van der Waals surface area contributed by atoms with Gasteiger partial charge in [-0.1, -0.05) is 12.1 Å². The molecule has 2 aromatic rings. The van der Waals surface area contributed by atoms with Crippen LogP contribution in [0.1, 0.15) is 0 Å². The van der Waals surface area contributed by atoms with E-state index in [0.29, 0.717) is 0 Å². The second kappa shape index (κ2) is 3.01. The minimum atomic E-state index is 0.874. The molecule has 3 heteroatoms. The normalized spacial score (nSPS) is 10.3. The Labute approximate surface area is 76.7 Å². The fourth-order valence-electron chi connectivity index (χ4n) is 1.50. The molecule has 0 amide bonds. The molecule has 0 bridgehead atoms. The maximum absolute atomic E-state index is 5.23. The fourth-order valence-corrected chi connectivity index (χ4v) is 1.50. The number of anilines is 1. The van der Waals surface area contributed by atoms with E-state index in [1.807, 2.05) is 25.4 Å². The monoisotopic (exact) mass is 176 g/mol. The first kappa shape index (κ1) is 7.98. The molecule has 0 saturated carbocycles. The first-order chi connectivity index (χ1) is 6.36. The molecule has 2 rings (SSSR count). The molecule has 0 unspecified atom stereocenters. The molecule has 0 aliphatic rings. The summed E-state index contributed by atoms with van der Waals surface area (Å²) in [7, 11) is 3.58. The zero-order chi connectivity index (χ0) is 9.26. The third-order valence-electron chi connectivity index (χ3n) is 2.17. The largest absolute Gasteiger partial charge is 0.495 e. The minimum absolute atomic E-state index is 0.874. The van der Waals surface area contributed by atoms with Gasteiger partial charge in [0.15, 0.2) is 0 Å². The lowest BCUT2D eigenvalue weighted by atomic mass is 10.2. The second-order valence-corrected chi connectivity index (χ2v) is 2.84. The Morgan fingerprint density at radius 2 is 2.23 bits per heavy atom. The molecule has 1 heterocycles. The van der Waals surface area contributed by atoms with Crippen LogP contribution < -0.4 is 10.1 Å². The topological polar surface area (TPSA) is 37.0 Å². The van der Waals surface area contributed by atoms with Crippen LogP contribution in [0.3, 0.4) is 0 Å². The zero-order valence-electron chi connectivity index (χ0n) is 7.72. The SMILES string of the molecule is CNc1c[nH]c2c(OC)cccc12. The molecule has 0 saturated heterocycles. The van der Waals surface area contributed by atoms with E-state index >= 15 is 0 Å². The van der Waals surface area contributed by atoms with Crippen molar-refractivity contribution in [2.75, 3.05) is 19.5 Å². The van der Waals surface area contributed by atoms with Crippen molar-refractivity contribution in [2.45, 2.75) is 0 Å². The van der Waals surface area contributed by atoms with Crippen molar-refractivity contribution in [1.29, 1.82) is 0 Å². The fraction of sp³-hybridized carbons (Fsp3) is 0.200. The summed E-state index contributed by atoms with van der Waals surface area (Å²) in [6.07, 6.45) is 1.94. The highest BCUT2D eigenvalue weighted by atomic mass is 16.5. The molecule has 1 aromatic heterocycles. The summed E-state index contributed by atoms with van der Waals surface area (Å²) < 4.78 is 5.23. The molecule has 0 radical (unpaired) electrons. The van der Waals surface area contributed by atoms with Gasteiger partial charge in [-0.3, -0.25) is 0 Å². The average Bonchev–Trinajstić information content (AvgIpc) is 2.60. The van der Waals surface area contributed by atoms with E-state index in [2.05, 4.69) is 16.4 Å². The van der Waals surface area contributed by atoms with E-state index in [1.165, 1.54) is 0 Å². The summed E-state index contributed by atoms with van der Waals surface area (Å²) >= 11 is 0. The van der Waals surface area contributed by atoms with Crippen molar-refractivity contribution in [3.63, 3.8) is 0 Å². The van der Waals surface area contributed by atoms with Gasteiger partial charge in [-0.15, -0.1) is 0 Å². The standard InChI is InChI=1S/C10H12N2O/c1-11-8-6-12-10-7(8)4-3-5-9(10)13-2/h3-6,11-12H,1-2H3. The molecule has 13 heavy (non-hydrogen) atoms. The van der Waals surface area contributed by atoms with Crippen LogP contribution in [0.4, 0.5) is 5.69 Å². The summed E-state index contributed by atoms with van der Waals surface area (Å²) in [6, 6.07) is 5.98. The van der Waals surface area contributed by atoms with Gasteiger partial charge in [0.2, 0.25) is 0 Å². The van der Waals surface area contributed by atoms with Gasteiger partial charge in [-0.2, -0.15) is 0 Å². The van der Waals surface area contributed by atoms with Gasteiger partial charge in [0, 0.05) is 18.6 Å². The number of aromatic nitrogens is 1. The Balaban J connectivity index is 2.72. The van der Waals surface area contributed by atoms with E-state index in [-0.39, 0.29) is 0 Å². The highest BCUT2D eigenvalue weighted by Crippen LogP contribution is 2.29. The third kappa shape index (κ3) is 1.13. The predicted molar refractivity (Wildman–Crippen MR) is 54.4 cm³/mol. The first-order valence-corrected chi connectivity index (χ1v) is 4.18. The molecule has 1 aromatic carbocycles. The van der Waals surface area contributed by atoms with Crippen molar-refractivity contribution in [3.05, 3.63) is 24.4 Å². The van der Waals surface area contributed by atoms with Gasteiger partial charge in [-0.25, -0.2) is 0 Å². The van der Waals surface area contributed by atoms with Gasteiger partial charge < -0.3 is 15.0 Å². The van der Waals surface area contributed by atoms with E-state index < -0.39 is 0 Å². The van der Waals surface area contributed by atoms with Crippen LogP contribution in [0, 0.1) is 0 Å². The second-order valence-electron chi connectivity index (χ2n) is 2.84. The molecule has 0 spiro atoms. The number of ether oxygens (including phenoxy) is 1. The number of hydrogen-bond donors (Lipinski definition) is 2. The number of para-hydroxylation sites is 1. The van der Waals surface area contributed by atoms with E-state index in [9.17, 15) is 0 Å². The predicted octanol–water partition coefficient (Wildman–Crippen LogP) is 2.22. The number of aromatic amines is 1. The first-order valence-electron chi connectivity index (χ1n) is 4.18. The molecular formula is C10H12N2O.